The van der Waals surface area contributed by atoms with Crippen LogP contribution in [0.4, 0.5) is 0 Å². The van der Waals surface area contributed by atoms with Gasteiger partial charge in [0.15, 0.2) is 11.0 Å². The molecule has 3 aromatic rings. The highest BCUT2D eigenvalue weighted by Gasteiger charge is 2.31. The van der Waals surface area contributed by atoms with Crippen LogP contribution in [0.5, 0.6) is 0 Å². The van der Waals surface area contributed by atoms with Crippen molar-refractivity contribution in [3.63, 3.8) is 0 Å². The number of carbonyl (C=O) groups is 1. The lowest BCUT2D eigenvalue weighted by molar-refractivity contribution is -0.137. The normalized spacial score (nSPS) is 22.6. The van der Waals surface area contributed by atoms with Gasteiger partial charge in [0.2, 0.25) is 0 Å². The standard InChI is InChI=1S/C19H20N4O3S/c24-18-16(7-9-26-18)27-19-22-21-17(23(19)11-12-4-3-8-25-12)14-10-20-15-6-2-1-5-13(14)15/h1-2,5-6,10,12,16,20H,3-4,7-9,11H2. The molecule has 2 fully saturated rings. The fourth-order valence-corrected chi connectivity index (χ4v) is 4.71. The van der Waals surface area contributed by atoms with Gasteiger partial charge in [-0.15, -0.1) is 10.2 Å². The summed E-state index contributed by atoms with van der Waals surface area (Å²) in [4.78, 5) is 15.2. The molecule has 0 amide bonds. The van der Waals surface area contributed by atoms with Crippen molar-refractivity contribution in [2.24, 2.45) is 0 Å². The summed E-state index contributed by atoms with van der Waals surface area (Å²) in [6, 6.07) is 8.15. The number of cyclic esters (lactones) is 1. The summed E-state index contributed by atoms with van der Waals surface area (Å²) in [5, 5.41) is 10.5. The molecule has 7 nitrogen and oxygen atoms in total. The van der Waals surface area contributed by atoms with E-state index in [0.29, 0.717) is 19.6 Å². The molecule has 0 spiro atoms. The van der Waals surface area contributed by atoms with Gasteiger partial charge < -0.3 is 14.5 Å². The van der Waals surface area contributed by atoms with Crippen LogP contribution >= 0.6 is 11.8 Å². The van der Waals surface area contributed by atoms with Crippen LogP contribution in [0, 0.1) is 0 Å². The second kappa shape index (κ2) is 7.01. The zero-order valence-electron chi connectivity index (χ0n) is 14.8. The molecule has 27 heavy (non-hydrogen) atoms. The topological polar surface area (TPSA) is 82.0 Å². The minimum atomic E-state index is -0.215. The Morgan fingerprint density at radius 3 is 2.96 bits per heavy atom. The Kier molecular flexibility index (Phi) is 4.37. The SMILES string of the molecule is O=C1OCCC1Sc1nnc(-c2c[nH]c3ccccc23)n1CC1CCCO1. The highest BCUT2D eigenvalue weighted by Crippen LogP contribution is 2.34. The number of esters is 1. The molecule has 5 rings (SSSR count). The molecule has 2 aromatic heterocycles. The predicted octanol–water partition coefficient (Wildman–Crippen LogP) is 3.01. The van der Waals surface area contributed by atoms with Crippen molar-refractivity contribution >= 4 is 28.6 Å². The maximum Gasteiger partial charge on any atom is 0.319 e. The van der Waals surface area contributed by atoms with Gasteiger partial charge in [-0.2, -0.15) is 0 Å². The molecule has 2 saturated heterocycles. The van der Waals surface area contributed by atoms with Crippen LogP contribution in [0.3, 0.4) is 0 Å². The zero-order valence-corrected chi connectivity index (χ0v) is 15.6. The Labute approximate surface area is 160 Å². The van der Waals surface area contributed by atoms with Gasteiger partial charge in [-0.05, 0) is 18.9 Å². The number of carbonyl (C=O) groups excluding carboxylic acids is 1. The lowest BCUT2D eigenvalue weighted by Gasteiger charge is -2.15. The molecule has 4 heterocycles. The summed E-state index contributed by atoms with van der Waals surface area (Å²) in [5.41, 5.74) is 2.07. The number of fused-ring (bicyclic) bond motifs is 1. The van der Waals surface area contributed by atoms with Crippen molar-refractivity contribution in [2.75, 3.05) is 13.2 Å². The van der Waals surface area contributed by atoms with Crippen LogP contribution in [0.1, 0.15) is 19.3 Å². The Morgan fingerprint density at radius 2 is 2.15 bits per heavy atom. The average Bonchev–Trinajstić information content (AvgIpc) is 3.46. The van der Waals surface area contributed by atoms with E-state index < -0.39 is 0 Å². The molecular weight excluding hydrogens is 364 g/mol. The van der Waals surface area contributed by atoms with Crippen LogP contribution in [0.25, 0.3) is 22.3 Å². The molecule has 2 aliphatic heterocycles. The van der Waals surface area contributed by atoms with Crippen molar-refractivity contribution in [2.45, 2.75) is 42.3 Å². The highest BCUT2D eigenvalue weighted by molar-refractivity contribution is 8.00. The van der Waals surface area contributed by atoms with Gasteiger partial charge in [0, 0.05) is 35.7 Å². The molecule has 140 valence electrons. The number of nitrogens with one attached hydrogen (secondary N) is 1. The number of nitrogens with zero attached hydrogens (tertiary/aromatic N) is 3. The third kappa shape index (κ3) is 3.12. The summed E-state index contributed by atoms with van der Waals surface area (Å²) in [7, 11) is 0. The molecule has 2 unspecified atom stereocenters. The number of hydrogen-bond donors (Lipinski definition) is 1. The first-order valence-electron chi connectivity index (χ1n) is 9.24. The summed E-state index contributed by atoms with van der Waals surface area (Å²) in [6.07, 6.45) is 4.94. The second-order valence-electron chi connectivity index (χ2n) is 6.86. The van der Waals surface area contributed by atoms with Gasteiger partial charge in [-0.3, -0.25) is 9.36 Å². The monoisotopic (exact) mass is 384 g/mol. The van der Waals surface area contributed by atoms with Gasteiger partial charge in [0.05, 0.1) is 19.3 Å². The van der Waals surface area contributed by atoms with Crippen molar-refractivity contribution in [1.82, 2.24) is 19.7 Å². The molecule has 0 aliphatic carbocycles. The van der Waals surface area contributed by atoms with E-state index in [-0.39, 0.29) is 17.3 Å². The number of aromatic amines is 1. The number of aromatic nitrogens is 4. The molecule has 1 aromatic carbocycles. The Morgan fingerprint density at radius 1 is 1.22 bits per heavy atom. The lowest BCUT2D eigenvalue weighted by atomic mass is 10.1. The summed E-state index contributed by atoms with van der Waals surface area (Å²) >= 11 is 1.44. The van der Waals surface area contributed by atoms with Crippen LogP contribution in [0.2, 0.25) is 0 Å². The highest BCUT2D eigenvalue weighted by atomic mass is 32.2. The summed E-state index contributed by atoms with van der Waals surface area (Å²) in [6.45, 7) is 1.96. The molecule has 8 heteroatoms. The van der Waals surface area contributed by atoms with Gasteiger partial charge in [0.25, 0.3) is 0 Å². The molecule has 0 radical (unpaired) electrons. The lowest BCUT2D eigenvalue weighted by Crippen LogP contribution is -2.18. The largest absolute Gasteiger partial charge is 0.465 e. The first-order valence-corrected chi connectivity index (χ1v) is 10.1. The number of rotatable bonds is 5. The van der Waals surface area contributed by atoms with Crippen LogP contribution in [0.15, 0.2) is 35.6 Å². The van der Waals surface area contributed by atoms with E-state index in [2.05, 4.69) is 25.8 Å². The Balaban J connectivity index is 1.54. The van der Waals surface area contributed by atoms with E-state index in [4.69, 9.17) is 9.47 Å². The van der Waals surface area contributed by atoms with Crippen molar-refractivity contribution in [1.29, 1.82) is 0 Å². The quantitative estimate of drug-likeness (QED) is 0.681. The van der Waals surface area contributed by atoms with Gasteiger partial charge in [0.1, 0.15) is 5.25 Å². The third-order valence-corrected chi connectivity index (χ3v) is 6.32. The summed E-state index contributed by atoms with van der Waals surface area (Å²) in [5.74, 6) is 0.636. The van der Waals surface area contributed by atoms with E-state index >= 15 is 0 Å². The average molecular weight is 384 g/mol. The summed E-state index contributed by atoms with van der Waals surface area (Å²) < 4.78 is 13.0. The van der Waals surface area contributed by atoms with E-state index in [9.17, 15) is 4.79 Å². The van der Waals surface area contributed by atoms with Crippen LogP contribution in [-0.2, 0) is 20.8 Å². The maximum atomic E-state index is 11.9. The molecule has 0 saturated carbocycles. The number of ether oxygens (including phenoxy) is 2. The van der Waals surface area contributed by atoms with Crippen molar-refractivity contribution in [3.8, 4) is 11.4 Å². The van der Waals surface area contributed by atoms with E-state index in [1.807, 2.05) is 24.4 Å². The number of benzene rings is 1. The first kappa shape index (κ1) is 16.8. The van der Waals surface area contributed by atoms with E-state index in [0.717, 1.165) is 46.9 Å². The predicted molar refractivity (Wildman–Crippen MR) is 102 cm³/mol. The van der Waals surface area contributed by atoms with Crippen LogP contribution < -0.4 is 0 Å². The van der Waals surface area contributed by atoms with Gasteiger partial charge in [-0.25, -0.2) is 0 Å². The van der Waals surface area contributed by atoms with Gasteiger partial charge in [-0.1, -0.05) is 30.0 Å². The van der Waals surface area contributed by atoms with E-state index in [1.165, 1.54) is 11.8 Å². The van der Waals surface area contributed by atoms with Gasteiger partial charge >= 0.3 is 5.97 Å². The molecule has 2 aliphatic rings. The molecule has 2 atom stereocenters. The third-order valence-electron chi connectivity index (χ3n) is 5.09. The fraction of sp³-hybridized carbons (Fsp3) is 0.421. The Bertz CT molecular complexity index is 976. The fourth-order valence-electron chi connectivity index (χ4n) is 3.70. The molecule has 1 N–H and O–H groups in total. The van der Waals surface area contributed by atoms with Crippen LogP contribution in [-0.4, -0.2) is 50.3 Å². The number of para-hydroxylation sites is 1. The minimum absolute atomic E-state index is 0.153. The van der Waals surface area contributed by atoms with Crippen molar-refractivity contribution < 1.29 is 14.3 Å². The molecular formula is C19H20N4O3S. The zero-order chi connectivity index (χ0) is 18.2. The first-order chi connectivity index (χ1) is 13.3. The maximum absolute atomic E-state index is 11.9. The smallest absolute Gasteiger partial charge is 0.319 e. The number of thioether (sulfide) groups is 1. The minimum Gasteiger partial charge on any atom is -0.465 e. The molecule has 0 bridgehead atoms. The second-order valence-corrected chi connectivity index (χ2v) is 8.03. The van der Waals surface area contributed by atoms with Crippen molar-refractivity contribution in [3.05, 3.63) is 30.5 Å². The van der Waals surface area contributed by atoms with E-state index in [1.54, 1.807) is 0 Å². The number of H-pyrrole nitrogens is 1. The Hall–Kier alpha value is -2.32. The number of hydrogen-bond acceptors (Lipinski definition) is 6.